The predicted molar refractivity (Wildman–Crippen MR) is 104 cm³/mol. The molecular formula is C23H16O5. The number of ketones is 1. The Hall–Kier alpha value is -3.60. The third-order valence-electron chi connectivity index (χ3n) is 5.72. The molecule has 5 nitrogen and oxygen atoms in total. The highest BCUT2D eigenvalue weighted by Gasteiger charge is 2.27. The first-order chi connectivity index (χ1) is 13.5. The van der Waals surface area contributed by atoms with Gasteiger partial charge in [0.05, 0.1) is 5.56 Å². The molecule has 138 valence electrons. The van der Waals surface area contributed by atoms with Crippen molar-refractivity contribution in [1.82, 2.24) is 0 Å². The molecule has 2 aliphatic carbocycles. The Balaban J connectivity index is 1.86. The molecule has 0 aliphatic heterocycles. The van der Waals surface area contributed by atoms with Gasteiger partial charge in [-0.15, -0.1) is 0 Å². The quantitative estimate of drug-likeness (QED) is 0.561. The van der Waals surface area contributed by atoms with E-state index in [0.717, 1.165) is 11.1 Å². The number of carboxylic acids is 1. The van der Waals surface area contributed by atoms with Gasteiger partial charge in [0.15, 0.2) is 5.78 Å². The molecule has 0 spiro atoms. The van der Waals surface area contributed by atoms with E-state index in [1.165, 1.54) is 12.1 Å². The number of hydrogen-bond donors (Lipinski definition) is 3. The summed E-state index contributed by atoms with van der Waals surface area (Å²) in [6, 6.07) is 8.23. The van der Waals surface area contributed by atoms with Gasteiger partial charge in [-0.3, -0.25) is 4.79 Å². The van der Waals surface area contributed by atoms with Gasteiger partial charge in [-0.05, 0) is 66.3 Å². The Morgan fingerprint density at radius 1 is 0.893 bits per heavy atom. The van der Waals surface area contributed by atoms with Crippen molar-refractivity contribution in [2.75, 3.05) is 0 Å². The lowest BCUT2D eigenvalue weighted by atomic mass is 9.81. The number of aromatic carboxylic acids is 1. The third-order valence-corrected chi connectivity index (χ3v) is 5.72. The van der Waals surface area contributed by atoms with Gasteiger partial charge in [0, 0.05) is 27.5 Å². The zero-order valence-corrected chi connectivity index (χ0v) is 14.8. The Bertz CT molecular complexity index is 1250. The normalized spacial score (nSPS) is 14.5. The summed E-state index contributed by atoms with van der Waals surface area (Å²) in [5.74, 6) is -1.13. The molecule has 0 heterocycles. The Labute approximate surface area is 160 Å². The third kappa shape index (κ3) is 2.19. The second kappa shape index (κ2) is 5.70. The largest absolute Gasteiger partial charge is 0.507 e. The average Bonchev–Trinajstić information content (AvgIpc) is 2.70. The fourth-order valence-electron chi connectivity index (χ4n) is 4.33. The number of phenolic OH excluding ortho intramolecular Hbond substituents is 2. The topological polar surface area (TPSA) is 94.8 Å². The fraction of sp³-hybridized carbons (Fsp3) is 0.130. The predicted octanol–water partition coefficient (Wildman–Crippen LogP) is 4.01. The Kier molecular flexibility index (Phi) is 3.37. The van der Waals surface area contributed by atoms with Crippen LogP contribution in [0.4, 0.5) is 0 Å². The highest BCUT2D eigenvalue weighted by molar-refractivity contribution is 6.12. The SMILES string of the molecule is O=C(O)c1ccc2c(c1)-c1c(c(O)c3cc4c(cc3c1O)C(=O)C=CC4)CC2. The number of rotatable bonds is 1. The lowest BCUT2D eigenvalue weighted by Crippen LogP contribution is -2.09. The van der Waals surface area contributed by atoms with Crippen molar-refractivity contribution in [2.24, 2.45) is 0 Å². The molecule has 0 aromatic heterocycles. The summed E-state index contributed by atoms with van der Waals surface area (Å²) >= 11 is 0. The van der Waals surface area contributed by atoms with Crippen LogP contribution in [0.3, 0.4) is 0 Å². The summed E-state index contributed by atoms with van der Waals surface area (Å²) in [6.45, 7) is 0. The summed E-state index contributed by atoms with van der Waals surface area (Å²) in [5, 5.41) is 32.3. The minimum atomic E-state index is -1.05. The highest BCUT2D eigenvalue weighted by Crippen LogP contribution is 2.49. The van der Waals surface area contributed by atoms with Crippen LogP contribution < -0.4 is 0 Å². The number of carbonyl (C=O) groups is 2. The van der Waals surface area contributed by atoms with E-state index in [4.69, 9.17) is 0 Å². The van der Waals surface area contributed by atoms with E-state index in [1.807, 2.05) is 0 Å². The second-order valence-electron chi connectivity index (χ2n) is 7.25. The maximum Gasteiger partial charge on any atom is 0.335 e. The standard InChI is InChI=1S/C23H16O5/c24-19-3-1-2-12-8-17-18(10-15(12)19)22(26)20-14(21(17)25)7-6-11-4-5-13(23(27)28)9-16(11)20/h1,3-5,8-10,25-26H,2,6-7H2,(H,27,28). The molecule has 0 saturated heterocycles. The number of aromatic hydroxyl groups is 2. The van der Waals surface area contributed by atoms with Crippen LogP contribution in [0.25, 0.3) is 21.9 Å². The van der Waals surface area contributed by atoms with Crippen LogP contribution in [0.2, 0.25) is 0 Å². The van der Waals surface area contributed by atoms with E-state index in [-0.39, 0.29) is 22.8 Å². The van der Waals surface area contributed by atoms with Gasteiger partial charge in [-0.2, -0.15) is 0 Å². The minimum Gasteiger partial charge on any atom is -0.507 e. The monoisotopic (exact) mass is 372 g/mol. The lowest BCUT2D eigenvalue weighted by Gasteiger charge is -2.24. The lowest BCUT2D eigenvalue weighted by molar-refractivity contribution is 0.0696. The van der Waals surface area contributed by atoms with Crippen LogP contribution in [-0.2, 0) is 19.3 Å². The van der Waals surface area contributed by atoms with Gasteiger partial charge in [-0.1, -0.05) is 12.1 Å². The van der Waals surface area contributed by atoms with Crippen molar-refractivity contribution in [3.63, 3.8) is 0 Å². The summed E-state index contributed by atoms with van der Waals surface area (Å²) < 4.78 is 0. The molecule has 0 amide bonds. The highest BCUT2D eigenvalue weighted by atomic mass is 16.4. The number of hydrogen-bond acceptors (Lipinski definition) is 4. The van der Waals surface area contributed by atoms with Crippen LogP contribution in [-0.4, -0.2) is 27.1 Å². The number of benzene rings is 3. The molecule has 2 aliphatic rings. The number of phenols is 2. The Morgan fingerprint density at radius 2 is 1.68 bits per heavy atom. The van der Waals surface area contributed by atoms with E-state index < -0.39 is 5.97 Å². The van der Waals surface area contributed by atoms with Crippen LogP contribution in [0.15, 0.2) is 42.5 Å². The van der Waals surface area contributed by atoms with Crippen LogP contribution in [0, 0.1) is 0 Å². The molecule has 0 saturated carbocycles. The first-order valence-electron chi connectivity index (χ1n) is 9.06. The summed E-state index contributed by atoms with van der Waals surface area (Å²) in [7, 11) is 0. The van der Waals surface area contributed by atoms with Gasteiger partial charge in [0.25, 0.3) is 0 Å². The number of allylic oxidation sites excluding steroid dienone is 2. The van der Waals surface area contributed by atoms with E-state index in [2.05, 4.69) is 0 Å². The van der Waals surface area contributed by atoms with Gasteiger partial charge in [0.2, 0.25) is 0 Å². The molecule has 3 aromatic rings. The van der Waals surface area contributed by atoms with E-state index in [1.54, 1.807) is 30.3 Å². The number of fused-ring (bicyclic) bond motifs is 5. The molecule has 0 radical (unpaired) electrons. The molecule has 0 bridgehead atoms. The average molecular weight is 372 g/mol. The van der Waals surface area contributed by atoms with Crippen molar-refractivity contribution in [1.29, 1.82) is 0 Å². The van der Waals surface area contributed by atoms with Crippen molar-refractivity contribution >= 4 is 22.5 Å². The van der Waals surface area contributed by atoms with E-state index >= 15 is 0 Å². The fourth-order valence-corrected chi connectivity index (χ4v) is 4.33. The van der Waals surface area contributed by atoms with Crippen molar-refractivity contribution < 1.29 is 24.9 Å². The van der Waals surface area contributed by atoms with Gasteiger partial charge in [-0.25, -0.2) is 4.79 Å². The van der Waals surface area contributed by atoms with E-state index in [9.17, 15) is 24.9 Å². The van der Waals surface area contributed by atoms with Crippen molar-refractivity contribution in [3.05, 3.63) is 70.3 Å². The second-order valence-corrected chi connectivity index (χ2v) is 7.25. The molecule has 3 aromatic carbocycles. The zero-order valence-electron chi connectivity index (χ0n) is 14.8. The van der Waals surface area contributed by atoms with Crippen LogP contribution >= 0.6 is 0 Å². The summed E-state index contributed by atoms with van der Waals surface area (Å²) in [6.07, 6.45) is 5.08. The first-order valence-corrected chi connectivity index (χ1v) is 9.06. The molecule has 0 unspecified atom stereocenters. The zero-order chi connectivity index (χ0) is 19.6. The molecule has 28 heavy (non-hydrogen) atoms. The van der Waals surface area contributed by atoms with Gasteiger partial charge in [0.1, 0.15) is 11.5 Å². The maximum atomic E-state index is 12.2. The summed E-state index contributed by atoms with van der Waals surface area (Å²) in [4.78, 5) is 23.6. The Morgan fingerprint density at radius 3 is 2.46 bits per heavy atom. The molecule has 3 N–H and O–H groups in total. The van der Waals surface area contributed by atoms with Crippen LogP contribution in [0.1, 0.15) is 37.4 Å². The summed E-state index contributed by atoms with van der Waals surface area (Å²) in [5.41, 5.74) is 4.05. The van der Waals surface area contributed by atoms with E-state index in [0.29, 0.717) is 52.3 Å². The van der Waals surface area contributed by atoms with Crippen molar-refractivity contribution in [3.8, 4) is 22.6 Å². The van der Waals surface area contributed by atoms with Gasteiger partial charge >= 0.3 is 5.97 Å². The van der Waals surface area contributed by atoms with Crippen LogP contribution in [0.5, 0.6) is 11.5 Å². The molecule has 0 fully saturated rings. The first kappa shape index (κ1) is 16.6. The molecule has 0 atom stereocenters. The van der Waals surface area contributed by atoms with Crippen molar-refractivity contribution in [2.45, 2.75) is 19.3 Å². The maximum absolute atomic E-state index is 12.2. The van der Waals surface area contributed by atoms with Gasteiger partial charge < -0.3 is 15.3 Å². The number of carboxylic acid groups (broad SMARTS) is 1. The molecular weight excluding hydrogens is 356 g/mol. The number of aryl methyl sites for hydroxylation is 1. The minimum absolute atomic E-state index is 0.0311. The number of carbonyl (C=O) groups excluding carboxylic acids is 1. The molecule has 5 rings (SSSR count). The molecule has 5 heteroatoms. The smallest absolute Gasteiger partial charge is 0.335 e.